The summed E-state index contributed by atoms with van der Waals surface area (Å²) >= 11 is 0. The summed E-state index contributed by atoms with van der Waals surface area (Å²) in [5.74, 6) is -0.0767. The van der Waals surface area contributed by atoms with Crippen LogP contribution >= 0.6 is 0 Å². The minimum atomic E-state index is -4.04. The van der Waals surface area contributed by atoms with Gasteiger partial charge in [0.25, 0.3) is 10.0 Å². The summed E-state index contributed by atoms with van der Waals surface area (Å²) < 4.78 is 81.3. The maximum Gasteiger partial charge on any atom is 0.261 e. The van der Waals surface area contributed by atoms with Crippen LogP contribution in [-0.2, 0) is 29.7 Å². The average molecular weight is 446 g/mol. The highest BCUT2D eigenvalue weighted by molar-refractivity contribution is 7.96. The number of hydrogen-bond donors (Lipinski definition) is 1. The second-order valence-corrected chi connectivity index (χ2v) is 12.5. The summed E-state index contributed by atoms with van der Waals surface area (Å²) in [5, 5.41) is -1.06. The van der Waals surface area contributed by atoms with E-state index in [0.717, 1.165) is 6.07 Å². The quantitative estimate of drug-likeness (QED) is 0.714. The van der Waals surface area contributed by atoms with Crippen LogP contribution in [-0.4, -0.2) is 49.1 Å². The third kappa shape index (κ3) is 4.31. The molecule has 11 heteroatoms. The Kier molecular flexibility index (Phi) is 5.43. The maximum absolute atomic E-state index is 12.7. The molecule has 2 aromatic carbocycles. The molecule has 0 saturated carbocycles. The second kappa shape index (κ2) is 7.37. The molecule has 1 N–H and O–H groups in total. The number of nitrogens with one attached hydrogen (secondary N) is 1. The lowest BCUT2D eigenvalue weighted by atomic mass is 10.3. The van der Waals surface area contributed by atoms with Crippen LogP contribution in [0.4, 0.5) is 5.69 Å². The predicted molar refractivity (Wildman–Crippen MR) is 104 cm³/mol. The zero-order valence-electron chi connectivity index (χ0n) is 14.9. The molecule has 0 radical (unpaired) electrons. The first-order valence-electron chi connectivity index (χ1n) is 8.25. The molecule has 1 heterocycles. The largest absolute Gasteiger partial charge is 0.497 e. The number of benzene rings is 2. The van der Waals surface area contributed by atoms with Crippen LogP contribution in [0, 0.1) is 0 Å². The third-order valence-corrected chi connectivity index (χ3v) is 9.97. The number of hydrogen-bond acceptors (Lipinski definition) is 7. The molecule has 1 atom stereocenters. The summed E-state index contributed by atoms with van der Waals surface area (Å²) in [5.41, 5.74) is 0.288. The Bertz CT molecular complexity index is 1190. The fraction of sp³-hybridized carbons (Fsp3) is 0.294. The van der Waals surface area contributed by atoms with Crippen molar-refractivity contribution in [1.29, 1.82) is 0 Å². The van der Waals surface area contributed by atoms with Gasteiger partial charge < -0.3 is 4.74 Å². The van der Waals surface area contributed by atoms with E-state index in [2.05, 4.69) is 4.72 Å². The first-order chi connectivity index (χ1) is 13.0. The summed E-state index contributed by atoms with van der Waals surface area (Å²) in [7, 11) is -9.90. The Balaban J connectivity index is 1.89. The lowest BCUT2D eigenvalue weighted by Crippen LogP contribution is -2.23. The van der Waals surface area contributed by atoms with Gasteiger partial charge in [0.2, 0.25) is 0 Å². The summed E-state index contributed by atoms with van der Waals surface area (Å²) in [6.45, 7) is 0. The van der Waals surface area contributed by atoms with E-state index in [4.69, 9.17) is 4.74 Å². The van der Waals surface area contributed by atoms with Crippen molar-refractivity contribution in [2.24, 2.45) is 0 Å². The molecular weight excluding hydrogens is 426 g/mol. The highest BCUT2D eigenvalue weighted by atomic mass is 32.2. The summed E-state index contributed by atoms with van der Waals surface area (Å²) in [6, 6.07) is 11.1. The third-order valence-electron chi connectivity index (χ3n) is 4.42. The van der Waals surface area contributed by atoms with Crippen molar-refractivity contribution in [2.75, 3.05) is 23.3 Å². The zero-order valence-corrected chi connectivity index (χ0v) is 17.3. The molecular formula is C17H19NO7S3. The van der Waals surface area contributed by atoms with Crippen LogP contribution in [0.15, 0.2) is 58.3 Å². The van der Waals surface area contributed by atoms with Gasteiger partial charge in [0.1, 0.15) is 5.75 Å². The molecule has 3 rings (SSSR count). The Morgan fingerprint density at radius 3 is 2.21 bits per heavy atom. The molecule has 1 saturated heterocycles. The Morgan fingerprint density at radius 2 is 1.64 bits per heavy atom. The first kappa shape index (κ1) is 20.6. The number of sulfonamides is 1. The molecule has 1 aliphatic rings. The molecule has 0 unspecified atom stereocenters. The van der Waals surface area contributed by atoms with Gasteiger partial charge in [-0.1, -0.05) is 6.07 Å². The van der Waals surface area contributed by atoms with Crippen LogP contribution in [0.2, 0.25) is 0 Å². The van der Waals surface area contributed by atoms with Crippen LogP contribution in [0.3, 0.4) is 0 Å². The molecule has 152 valence electrons. The van der Waals surface area contributed by atoms with E-state index in [0.29, 0.717) is 5.75 Å². The molecule has 28 heavy (non-hydrogen) atoms. The van der Waals surface area contributed by atoms with E-state index in [1.165, 1.54) is 37.4 Å². The molecule has 0 aliphatic carbocycles. The average Bonchev–Trinajstić information content (AvgIpc) is 3.03. The van der Waals surface area contributed by atoms with Gasteiger partial charge in [-0.2, -0.15) is 0 Å². The van der Waals surface area contributed by atoms with E-state index in [1.807, 2.05) is 0 Å². The van der Waals surface area contributed by atoms with Gasteiger partial charge in [-0.05, 0) is 48.9 Å². The normalized spacial score (nSPS) is 19.2. The number of anilines is 1. The molecule has 0 amide bonds. The van der Waals surface area contributed by atoms with Gasteiger partial charge in [-0.25, -0.2) is 25.3 Å². The van der Waals surface area contributed by atoms with Crippen molar-refractivity contribution < 1.29 is 30.0 Å². The van der Waals surface area contributed by atoms with Gasteiger partial charge in [0.15, 0.2) is 19.7 Å². The van der Waals surface area contributed by atoms with Crippen molar-refractivity contribution in [3.05, 3.63) is 48.5 Å². The van der Waals surface area contributed by atoms with Crippen LogP contribution in [0.25, 0.3) is 0 Å². The monoisotopic (exact) mass is 445 g/mol. The Morgan fingerprint density at radius 1 is 1.00 bits per heavy atom. The minimum absolute atomic E-state index is 0.00570. The number of ether oxygens (including phenoxy) is 1. The lowest BCUT2D eigenvalue weighted by molar-refractivity contribution is 0.415. The van der Waals surface area contributed by atoms with Gasteiger partial charge >= 0.3 is 0 Å². The second-order valence-electron chi connectivity index (χ2n) is 6.38. The zero-order chi connectivity index (χ0) is 20.6. The van der Waals surface area contributed by atoms with Crippen molar-refractivity contribution in [3.63, 3.8) is 0 Å². The SMILES string of the molecule is COc1ccc(NS(=O)(=O)c2cccc(S(=O)(=O)[C@@H]3CCS(=O)(=O)C3)c2)cc1. The van der Waals surface area contributed by atoms with Crippen LogP contribution < -0.4 is 9.46 Å². The summed E-state index contributed by atoms with van der Waals surface area (Å²) in [4.78, 5) is -0.447. The molecule has 0 bridgehead atoms. The predicted octanol–water partition coefficient (Wildman–Crippen LogP) is 1.46. The fourth-order valence-electron chi connectivity index (χ4n) is 2.89. The Hall–Kier alpha value is -2.11. The van der Waals surface area contributed by atoms with Gasteiger partial charge in [-0.15, -0.1) is 0 Å². The number of methoxy groups -OCH3 is 1. The van der Waals surface area contributed by atoms with Crippen molar-refractivity contribution >= 4 is 35.4 Å². The van der Waals surface area contributed by atoms with Gasteiger partial charge in [0.05, 0.1) is 33.7 Å². The highest BCUT2D eigenvalue weighted by Gasteiger charge is 2.38. The number of sulfone groups is 2. The Labute approximate surface area is 164 Å². The van der Waals surface area contributed by atoms with Crippen LogP contribution in [0.1, 0.15) is 6.42 Å². The summed E-state index contributed by atoms with van der Waals surface area (Å²) in [6.07, 6.45) is 0.00570. The molecule has 0 aromatic heterocycles. The van der Waals surface area contributed by atoms with Crippen molar-refractivity contribution in [1.82, 2.24) is 0 Å². The smallest absolute Gasteiger partial charge is 0.261 e. The van der Waals surface area contributed by atoms with Gasteiger partial charge in [0, 0.05) is 5.69 Å². The first-order valence-corrected chi connectivity index (χ1v) is 13.1. The van der Waals surface area contributed by atoms with E-state index in [-0.39, 0.29) is 27.7 Å². The van der Waals surface area contributed by atoms with E-state index >= 15 is 0 Å². The van der Waals surface area contributed by atoms with Crippen LogP contribution in [0.5, 0.6) is 5.75 Å². The van der Waals surface area contributed by atoms with E-state index in [1.54, 1.807) is 12.1 Å². The standard InChI is InChI=1S/C17H19NO7S3/c1-25-14-7-5-13(6-8-14)18-28(23,24)16-4-2-3-15(11-16)27(21,22)17-9-10-26(19,20)12-17/h2-8,11,17-18H,9-10,12H2,1H3/t17-/m1/s1. The topological polar surface area (TPSA) is 124 Å². The van der Waals surface area contributed by atoms with E-state index < -0.39 is 40.7 Å². The molecule has 2 aromatic rings. The molecule has 1 fully saturated rings. The van der Waals surface area contributed by atoms with Crippen molar-refractivity contribution in [3.8, 4) is 5.75 Å². The molecule has 1 aliphatic heterocycles. The van der Waals surface area contributed by atoms with Gasteiger partial charge in [-0.3, -0.25) is 4.72 Å². The lowest BCUT2D eigenvalue weighted by Gasteiger charge is -2.13. The molecule has 8 nitrogen and oxygen atoms in total. The highest BCUT2D eigenvalue weighted by Crippen LogP contribution is 2.27. The van der Waals surface area contributed by atoms with E-state index in [9.17, 15) is 25.3 Å². The fourth-order valence-corrected chi connectivity index (χ4v) is 8.47. The maximum atomic E-state index is 12.7. The van der Waals surface area contributed by atoms with Crippen molar-refractivity contribution in [2.45, 2.75) is 21.5 Å². The number of rotatable bonds is 6. The molecule has 0 spiro atoms. The minimum Gasteiger partial charge on any atom is -0.497 e.